The van der Waals surface area contributed by atoms with Crippen molar-refractivity contribution in [3.05, 3.63) is 23.6 Å². The van der Waals surface area contributed by atoms with Crippen LogP contribution in [0.3, 0.4) is 0 Å². The van der Waals surface area contributed by atoms with Gasteiger partial charge in [-0.1, -0.05) is 10.4 Å². The topological polar surface area (TPSA) is 108 Å². The number of rotatable bonds is 4. The first-order chi connectivity index (χ1) is 10.3. The molecule has 2 aromatic rings. The smallest absolute Gasteiger partial charge is 0.360 e. The van der Waals surface area contributed by atoms with Crippen molar-refractivity contribution in [2.45, 2.75) is 25.3 Å². The van der Waals surface area contributed by atoms with Gasteiger partial charge >= 0.3 is 5.97 Å². The van der Waals surface area contributed by atoms with Crippen LogP contribution >= 0.6 is 0 Å². The second kappa shape index (κ2) is 6.00. The largest absolute Gasteiger partial charge is 0.464 e. The third-order valence-corrected chi connectivity index (χ3v) is 3.58. The van der Waals surface area contributed by atoms with Crippen LogP contribution in [0, 0.1) is 0 Å². The number of carbonyl (C=O) groups is 1. The average Bonchev–Trinajstić information content (AvgIpc) is 3.17. The fourth-order valence-electron chi connectivity index (χ4n) is 2.57. The zero-order valence-corrected chi connectivity index (χ0v) is 11.7. The minimum atomic E-state index is -0.470. The number of hydrogen-bond donors (Lipinski definition) is 1. The Morgan fingerprint density at radius 1 is 1.52 bits per heavy atom. The van der Waals surface area contributed by atoms with Gasteiger partial charge < -0.3 is 14.6 Å². The van der Waals surface area contributed by atoms with Crippen LogP contribution < -0.4 is 5.32 Å². The summed E-state index contributed by atoms with van der Waals surface area (Å²) in [5, 5.41) is 15.1. The molecule has 21 heavy (non-hydrogen) atoms. The lowest BCUT2D eigenvalue weighted by molar-refractivity contribution is 0.0591. The Labute approximate surface area is 120 Å². The highest BCUT2D eigenvalue weighted by Gasteiger charge is 2.28. The normalized spacial score (nSPS) is 16.0. The van der Waals surface area contributed by atoms with E-state index >= 15 is 0 Å². The molecule has 1 fully saturated rings. The van der Waals surface area contributed by atoms with E-state index in [1.165, 1.54) is 13.5 Å². The van der Waals surface area contributed by atoms with Gasteiger partial charge in [0, 0.05) is 5.92 Å². The molecule has 1 N–H and O–H groups in total. The SMILES string of the molecule is COC(=O)c1nnn(Cc2ncon2)c1C1CCNCC1. The van der Waals surface area contributed by atoms with Crippen LogP contribution in [0.2, 0.25) is 0 Å². The van der Waals surface area contributed by atoms with Crippen LogP contribution in [0.15, 0.2) is 10.9 Å². The highest BCUT2D eigenvalue weighted by molar-refractivity contribution is 5.88. The number of aromatic nitrogens is 5. The Morgan fingerprint density at radius 2 is 2.33 bits per heavy atom. The van der Waals surface area contributed by atoms with Crippen LogP contribution in [-0.2, 0) is 11.3 Å². The number of ether oxygens (including phenoxy) is 1. The van der Waals surface area contributed by atoms with Gasteiger partial charge in [0.1, 0.15) is 6.54 Å². The van der Waals surface area contributed by atoms with E-state index in [9.17, 15) is 4.79 Å². The predicted molar refractivity (Wildman–Crippen MR) is 69.6 cm³/mol. The molecule has 112 valence electrons. The number of nitrogens with one attached hydrogen (secondary N) is 1. The molecular formula is C12H16N6O3. The van der Waals surface area contributed by atoms with Gasteiger partial charge in [0.15, 0.2) is 11.5 Å². The lowest BCUT2D eigenvalue weighted by atomic mass is 9.93. The van der Waals surface area contributed by atoms with E-state index in [0.29, 0.717) is 12.4 Å². The molecule has 9 heteroatoms. The summed E-state index contributed by atoms with van der Waals surface area (Å²) in [5.41, 5.74) is 1.06. The number of carbonyl (C=O) groups excluding carboxylic acids is 1. The maximum Gasteiger partial charge on any atom is 0.360 e. The first-order valence-corrected chi connectivity index (χ1v) is 6.77. The molecule has 0 aliphatic carbocycles. The maximum absolute atomic E-state index is 11.9. The Balaban J connectivity index is 1.94. The Bertz CT molecular complexity index is 603. The molecule has 0 aromatic carbocycles. The number of piperidine rings is 1. The van der Waals surface area contributed by atoms with E-state index in [0.717, 1.165) is 31.6 Å². The number of nitrogens with zero attached hydrogens (tertiary/aromatic N) is 5. The van der Waals surface area contributed by atoms with Crippen molar-refractivity contribution < 1.29 is 14.1 Å². The molecule has 3 rings (SSSR count). The minimum absolute atomic E-state index is 0.210. The number of methoxy groups -OCH3 is 1. The van der Waals surface area contributed by atoms with Crippen molar-refractivity contribution in [2.75, 3.05) is 20.2 Å². The number of hydrogen-bond acceptors (Lipinski definition) is 8. The van der Waals surface area contributed by atoms with Gasteiger partial charge in [0.2, 0.25) is 6.39 Å². The predicted octanol–water partition coefficient (Wildman–Crippen LogP) is -0.0370. The molecule has 2 aromatic heterocycles. The van der Waals surface area contributed by atoms with Crippen molar-refractivity contribution in [3.63, 3.8) is 0 Å². The summed E-state index contributed by atoms with van der Waals surface area (Å²) < 4.78 is 11.2. The summed E-state index contributed by atoms with van der Waals surface area (Å²) in [7, 11) is 1.34. The first-order valence-electron chi connectivity index (χ1n) is 6.77. The quantitative estimate of drug-likeness (QED) is 0.782. The summed E-state index contributed by atoms with van der Waals surface area (Å²) >= 11 is 0. The zero-order chi connectivity index (χ0) is 14.7. The second-order valence-electron chi connectivity index (χ2n) is 4.84. The molecule has 1 aliphatic heterocycles. The van der Waals surface area contributed by atoms with Crippen molar-refractivity contribution in [2.24, 2.45) is 0 Å². The van der Waals surface area contributed by atoms with E-state index < -0.39 is 5.97 Å². The summed E-state index contributed by atoms with van der Waals surface area (Å²) in [6, 6.07) is 0. The summed E-state index contributed by atoms with van der Waals surface area (Å²) in [6.45, 7) is 2.12. The van der Waals surface area contributed by atoms with Gasteiger partial charge in [-0.2, -0.15) is 4.98 Å². The Hall–Kier alpha value is -2.29. The highest BCUT2D eigenvalue weighted by atomic mass is 16.5. The van der Waals surface area contributed by atoms with Crippen LogP contribution in [0.5, 0.6) is 0 Å². The van der Waals surface area contributed by atoms with E-state index in [1.807, 2.05) is 0 Å². The molecule has 1 saturated heterocycles. The van der Waals surface area contributed by atoms with E-state index in [2.05, 4.69) is 25.8 Å². The summed E-state index contributed by atoms with van der Waals surface area (Å²) in [6.07, 6.45) is 3.10. The maximum atomic E-state index is 11.9. The molecule has 0 amide bonds. The molecule has 0 atom stereocenters. The standard InChI is InChI=1S/C12H16N6O3/c1-20-12(19)10-11(8-2-4-13-5-3-8)18(17-15-10)6-9-14-7-21-16-9/h7-8,13H,2-6H2,1H3. The zero-order valence-electron chi connectivity index (χ0n) is 11.7. The molecule has 9 nitrogen and oxygen atoms in total. The minimum Gasteiger partial charge on any atom is -0.464 e. The van der Waals surface area contributed by atoms with E-state index in [1.54, 1.807) is 4.68 Å². The third-order valence-electron chi connectivity index (χ3n) is 3.58. The van der Waals surface area contributed by atoms with Gasteiger partial charge in [0.05, 0.1) is 12.8 Å². The molecule has 0 bridgehead atoms. The van der Waals surface area contributed by atoms with E-state index in [-0.39, 0.29) is 11.6 Å². The molecule has 0 radical (unpaired) electrons. The highest BCUT2D eigenvalue weighted by Crippen LogP contribution is 2.27. The van der Waals surface area contributed by atoms with Gasteiger partial charge in [-0.3, -0.25) is 0 Å². The monoisotopic (exact) mass is 292 g/mol. The van der Waals surface area contributed by atoms with Gasteiger partial charge in [-0.25, -0.2) is 9.48 Å². The van der Waals surface area contributed by atoms with Crippen molar-refractivity contribution in [3.8, 4) is 0 Å². The second-order valence-corrected chi connectivity index (χ2v) is 4.84. The van der Waals surface area contributed by atoms with Crippen molar-refractivity contribution in [1.82, 2.24) is 30.5 Å². The van der Waals surface area contributed by atoms with Crippen LogP contribution in [0.25, 0.3) is 0 Å². The molecule has 0 spiro atoms. The fraction of sp³-hybridized carbons (Fsp3) is 0.583. The molecule has 1 aliphatic rings. The average molecular weight is 292 g/mol. The lowest BCUT2D eigenvalue weighted by Gasteiger charge is -2.23. The Morgan fingerprint density at radius 3 is 3.00 bits per heavy atom. The molecule has 0 unspecified atom stereocenters. The Kier molecular flexibility index (Phi) is 3.91. The van der Waals surface area contributed by atoms with Crippen molar-refractivity contribution in [1.29, 1.82) is 0 Å². The molecular weight excluding hydrogens is 276 g/mol. The van der Waals surface area contributed by atoms with Crippen LogP contribution in [0.4, 0.5) is 0 Å². The van der Waals surface area contributed by atoms with E-state index in [4.69, 9.17) is 9.26 Å². The fourth-order valence-corrected chi connectivity index (χ4v) is 2.57. The molecule has 0 saturated carbocycles. The first kappa shape index (κ1) is 13.7. The van der Waals surface area contributed by atoms with Crippen molar-refractivity contribution >= 4 is 5.97 Å². The van der Waals surface area contributed by atoms with Gasteiger partial charge in [-0.15, -0.1) is 5.10 Å². The van der Waals surface area contributed by atoms with Crippen LogP contribution in [0.1, 0.15) is 40.8 Å². The summed E-state index contributed by atoms with van der Waals surface area (Å²) in [5.74, 6) is 0.233. The third kappa shape index (κ3) is 2.77. The van der Waals surface area contributed by atoms with Crippen LogP contribution in [-0.4, -0.2) is 51.3 Å². The van der Waals surface area contributed by atoms with Gasteiger partial charge in [0.25, 0.3) is 0 Å². The number of esters is 1. The summed E-state index contributed by atoms with van der Waals surface area (Å²) in [4.78, 5) is 15.9. The van der Waals surface area contributed by atoms with Gasteiger partial charge in [-0.05, 0) is 25.9 Å². The molecule has 3 heterocycles. The lowest BCUT2D eigenvalue weighted by Crippen LogP contribution is -2.29.